The Kier molecular flexibility index (Phi) is 3.54. The molecule has 2 aromatic rings. The Hall–Kier alpha value is -1.26. The highest BCUT2D eigenvalue weighted by Gasteiger charge is 2.22. The number of hydrogen-bond acceptors (Lipinski definition) is 3. The number of pyridine rings is 1. The zero-order chi connectivity index (χ0) is 12.3. The first-order valence-electron chi connectivity index (χ1n) is 5.51. The minimum Gasteiger partial charge on any atom is -0.320 e. The molecule has 2 N–H and O–H groups in total. The first-order valence-corrected chi connectivity index (χ1v) is 6.39. The van der Waals surface area contributed by atoms with E-state index >= 15 is 0 Å². The highest BCUT2D eigenvalue weighted by Crippen LogP contribution is 2.23. The van der Waals surface area contributed by atoms with Crippen LogP contribution in [0.25, 0.3) is 0 Å². The van der Waals surface area contributed by atoms with Crippen LogP contribution < -0.4 is 5.73 Å². The number of rotatable bonds is 4. The van der Waals surface area contributed by atoms with Crippen LogP contribution >= 0.6 is 11.3 Å². The van der Waals surface area contributed by atoms with E-state index in [1.165, 1.54) is 17.1 Å². The van der Waals surface area contributed by atoms with Gasteiger partial charge >= 0.3 is 0 Å². The summed E-state index contributed by atoms with van der Waals surface area (Å²) in [6.07, 6.45) is 2.93. The quantitative estimate of drug-likeness (QED) is 0.905. The Morgan fingerprint density at radius 3 is 2.82 bits per heavy atom. The molecule has 0 saturated heterocycles. The Labute approximate surface area is 104 Å². The highest BCUT2D eigenvalue weighted by atomic mass is 32.1. The number of aromatic nitrogens is 1. The lowest BCUT2D eigenvalue weighted by Gasteiger charge is -2.23. The van der Waals surface area contributed by atoms with Gasteiger partial charge in [0.2, 0.25) is 0 Å². The maximum absolute atomic E-state index is 12.8. The number of aryl methyl sites for hydroxylation is 1. The molecular formula is C13H15FN2S. The standard InChI is InChI=1S/C13H15FN2S/c1-13(15,7-6-11-3-2-8-17-11)12-5-4-10(14)9-16-12/h2-5,8-9H,6-7,15H2,1H3. The van der Waals surface area contributed by atoms with E-state index in [4.69, 9.17) is 5.73 Å². The number of nitrogens with two attached hydrogens (primary N) is 1. The molecule has 2 nitrogen and oxygen atoms in total. The van der Waals surface area contributed by atoms with Crippen molar-refractivity contribution in [3.8, 4) is 0 Å². The van der Waals surface area contributed by atoms with Crippen molar-refractivity contribution in [1.82, 2.24) is 4.98 Å². The maximum atomic E-state index is 12.8. The van der Waals surface area contributed by atoms with Crippen LogP contribution in [0.1, 0.15) is 23.9 Å². The van der Waals surface area contributed by atoms with E-state index < -0.39 is 5.54 Å². The van der Waals surface area contributed by atoms with Crippen molar-refractivity contribution in [1.29, 1.82) is 0 Å². The van der Waals surface area contributed by atoms with E-state index in [1.54, 1.807) is 17.4 Å². The van der Waals surface area contributed by atoms with Gasteiger partial charge in [0, 0.05) is 4.88 Å². The maximum Gasteiger partial charge on any atom is 0.141 e. The average molecular weight is 250 g/mol. The van der Waals surface area contributed by atoms with Gasteiger partial charge in [-0.1, -0.05) is 6.07 Å². The molecule has 0 saturated carbocycles. The molecule has 0 aliphatic rings. The monoisotopic (exact) mass is 250 g/mol. The number of nitrogens with zero attached hydrogens (tertiary/aromatic N) is 1. The lowest BCUT2D eigenvalue weighted by atomic mass is 9.92. The fraction of sp³-hybridized carbons (Fsp3) is 0.308. The fourth-order valence-corrected chi connectivity index (χ4v) is 2.39. The molecular weight excluding hydrogens is 235 g/mol. The first-order chi connectivity index (χ1) is 8.08. The molecule has 0 aliphatic heterocycles. The lowest BCUT2D eigenvalue weighted by molar-refractivity contribution is 0.439. The van der Waals surface area contributed by atoms with E-state index in [2.05, 4.69) is 16.4 Å². The van der Waals surface area contributed by atoms with Gasteiger partial charge in [0.15, 0.2) is 0 Å². The predicted molar refractivity (Wildman–Crippen MR) is 68.4 cm³/mol. The van der Waals surface area contributed by atoms with Crippen LogP contribution in [-0.4, -0.2) is 4.98 Å². The van der Waals surface area contributed by atoms with Gasteiger partial charge in [-0.05, 0) is 43.3 Å². The van der Waals surface area contributed by atoms with E-state index in [0.29, 0.717) is 0 Å². The van der Waals surface area contributed by atoms with Gasteiger partial charge in [-0.25, -0.2) is 4.39 Å². The van der Waals surface area contributed by atoms with Crippen LogP contribution in [0, 0.1) is 5.82 Å². The zero-order valence-electron chi connectivity index (χ0n) is 9.69. The molecule has 0 fully saturated rings. The number of halogens is 1. The molecule has 1 unspecified atom stereocenters. The van der Waals surface area contributed by atoms with Gasteiger partial charge in [-0.3, -0.25) is 4.98 Å². The summed E-state index contributed by atoms with van der Waals surface area (Å²) in [7, 11) is 0. The molecule has 0 aliphatic carbocycles. The number of thiophene rings is 1. The summed E-state index contributed by atoms with van der Waals surface area (Å²) in [6, 6.07) is 7.19. The Bertz CT molecular complexity index is 463. The summed E-state index contributed by atoms with van der Waals surface area (Å²) in [5.41, 5.74) is 6.44. The summed E-state index contributed by atoms with van der Waals surface area (Å²) >= 11 is 1.73. The van der Waals surface area contributed by atoms with E-state index in [1.807, 2.05) is 13.0 Å². The second kappa shape index (κ2) is 4.94. The SMILES string of the molecule is CC(N)(CCc1cccs1)c1ccc(F)cn1. The van der Waals surface area contributed by atoms with Crippen molar-refractivity contribution >= 4 is 11.3 Å². The third-order valence-corrected chi connectivity index (χ3v) is 3.72. The number of hydrogen-bond donors (Lipinski definition) is 1. The molecule has 0 aromatic carbocycles. The first kappa shape index (κ1) is 12.2. The lowest BCUT2D eigenvalue weighted by Crippen LogP contribution is -2.34. The second-order valence-corrected chi connectivity index (χ2v) is 5.39. The molecule has 0 spiro atoms. The molecule has 0 radical (unpaired) electrons. The van der Waals surface area contributed by atoms with Crippen molar-refractivity contribution in [2.24, 2.45) is 5.73 Å². The fourth-order valence-electron chi connectivity index (χ4n) is 1.68. The second-order valence-electron chi connectivity index (χ2n) is 4.36. The molecule has 2 aromatic heterocycles. The summed E-state index contributed by atoms with van der Waals surface area (Å²) < 4.78 is 12.8. The van der Waals surface area contributed by atoms with Gasteiger partial charge in [0.25, 0.3) is 0 Å². The van der Waals surface area contributed by atoms with Crippen molar-refractivity contribution < 1.29 is 4.39 Å². The van der Waals surface area contributed by atoms with Crippen molar-refractivity contribution in [2.75, 3.05) is 0 Å². The molecule has 1 atom stereocenters. The average Bonchev–Trinajstić information content (AvgIpc) is 2.80. The third-order valence-electron chi connectivity index (χ3n) is 2.78. The Balaban J connectivity index is 2.05. The van der Waals surface area contributed by atoms with Crippen LogP contribution in [0.2, 0.25) is 0 Å². The molecule has 17 heavy (non-hydrogen) atoms. The van der Waals surface area contributed by atoms with Crippen LogP contribution in [0.15, 0.2) is 35.8 Å². The topological polar surface area (TPSA) is 38.9 Å². The van der Waals surface area contributed by atoms with Crippen LogP contribution in [0.3, 0.4) is 0 Å². The zero-order valence-corrected chi connectivity index (χ0v) is 10.5. The van der Waals surface area contributed by atoms with Crippen molar-refractivity contribution in [3.05, 3.63) is 52.2 Å². The summed E-state index contributed by atoms with van der Waals surface area (Å²) in [5.74, 6) is -0.331. The summed E-state index contributed by atoms with van der Waals surface area (Å²) in [4.78, 5) is 5.36. The van der Waals surface area contributed by atoms with E-state index in [-0.39, 0.29) is 5.82 Å². The van der Waals surface area contributed by atoms with Crippen LogP contribution in [0.4, 0.5) is 4.39 Å². The molecule has 4 heteroatoms. The smallest absolute Gasteiger partial charge is 0.141 e. The molecule has 0 amide bonds. The predicted octanol–water partition coefficient (Wildman–Crippen LogP) is 3.09. The Morgan fingerprint density at radius 2 is 2.24 bits per heavy atom. The normalized spacial score (nSPS) is 14.5. The van der Waals surface area contributed by atoms with Crippen LogP contribution in [0.5, 0.6) is 0 Å². The van der Waals surface area contributed by atoms with Gasteiger partial charge in [0.1, 0.15) is 5.82 Å². The Morgan fingerprint density at radius 1 is 1.41 bits per heavy atom. The van der Waals surface area contributed by atoms with Crippen LogP contribution in [-0.2, 0) is 12.0 Å². The van der Waals surface area contributed by atoms with Crippen molar-refractivity contribution in [2.45, 2.75) is 25.3 Å². The van der Waals surface area contributed by atoms with Gasteiger partial charge < -0.3 is 5.73 Å². The highest BCUT2D eigenvalue weighted by molar-refractivity contribution is 7.09. The molecule has 90 valence electrons. The molecule has 2 rings (SSSR count). The minimum absolute atomic E-state index is 0.331. The van der Waals surface area contributed by atoms with E-state index in [0.717, 1.165) is 18.5 Å². The third kappa shape index (κ3) is 3.11. The van der Waals surface area contributed by atoms with Gasteiger partial charge in [-0.2, -0.15) is 0 Å². The van der Waals surface area contributed by atoms with E-state index in [9.17, 15) is 4.39 Å². The summed E-state index contributed by atoms with van der Waals surface area (Å²) in [5, 5.41) is 2.05. The largest absolute Gasteiger partial charge is 0.320 e. The van der Waals surface area contributed by atoms with Gasteiger partial charge in [-0.15, -0.1) is 11.3 Å². The summed E-state index contributed by atoms with van der Waals surface area (Å²) in [6.45, 7) is 1.93. The van der Waals surface area contributed by atoms with Gasteiger partial charge in [0.05, 0.1) is 17.4 Å². The molecule has 2 heterocycles. The van der Waals surface area contributed by atoms with Crippen molar-refractivity contribution in [3.63, 3.8) is 0 Å². The minimum atomic E-state index is -0.516. The molecule has 0 bridgehead atoms.